The highest BCUT2D eigenvalue weighted by Gasteiger charge is 2.33. The van der Waals surface area contributed by atoms with Crippen LogP contribution in [0.25, 0.3) is 0 Å². The van der Waals surface area contributed by atoms with Gasteiger partial charge in [-0.05, 0) is 47.9 Å². The molecule has 21 heavy (non-hydrogen) atoms. The third-order valence-corrected chi connectivity index (χ3v) is 4.38. The van der Waals surface area contributed by atoms with Gasteiger partial charge in [0.15, 0.2) is 0 Å². The summed E-state index contributed by atoms with van der Waals surface area (Å²) in [6, 6.07) is 3.16. The molecule has 1 aliphatic heterocycles. The highest BCUT2D eigenvalue weighted by atomic mass is 127. The lowest BCUT2D eigenvalue weighted by Crippen LogP contribution is -2.48. The van der Waals surface area contributed by atoms with Gasteiger partial charge in [-0.25, -0.2) is 4.79 Å². The van der Waals surface area contributed by atoms with Crippen LogP contribution in [0, 0.1) is 13.7 Å². The van der Waals surface area contributed by atoms with Gasteiger partial charge in [-0.2, -0.15) is 0 Å². The van der Waals surface area contributed by atoms with Crippen LogP contribution in [0.15, 0.2) is 18.2 Å². The number of halogens is 1. The van der Waals surface area contributed by atoms with E-state index in [1.807, 2.05) is 22.6 Å². The van der Waals surface area contributed by atoms with Crippen molar-refractivity contribution in [3.63, 3.8) is 0 Å². The van der Waals surface area contributed by atoms with Crippen LogP contribution in [0.1, 0.15) is 29.6 Å². The van der Waals surface area contributed by atoms with Crippen molar-refractivity contribution in [2.45, 2.75) is 25.3 Å². The largest absolute Gasteiger partial charge is 0.480 e. The van der Waals surface area contributed by atoms with Crippen molar-refractivity contribution in [2.24, 2.45) is 0 Å². The number of non-ortho nitro benzene ring substituents is 1. The first kappa shape index (κ1) is 15.7. The number of carboxylic acid groups (broad SMARTS) is 1. The highest BCUT2D eigenvalue weighted by Crippen LogP contribution is 2.25. The highest BCUT2D eigenvalue weighted by molar-refractivity contribution is 14.1. The average molecular weight is 404 g/mol. The number of carbonyl (C=O) groups excluding carboxylic acids is 1. The molecule has 112 valence electrons. The van der Waals surface area contributed by atoms with Crippen LogP contribution in [0.4, 0.5) is 5.69 Å². The van der Waals surface area contributed by atoms with Gasteiger partial charge in [0, 0.05) is 22.2 Å². The van der Waals surface area contributed by atoms with Crippen molar-refractivity contribution < 1.29 is 19.6 Å². The van der Waals surface area contributed by atoms with E-state index in [-0.39, 0.29) is 11.3 Å². The fourth-order valence-electron chi connectivity index (χ4n) is 2.38. The van der Waals surface area contributed by atoms with E-state index in [4.69, 9.17) is 0 Å². The number of carbonyl (C=O) groups is 2. The van der Waals surface area contributed by atoms with E-state index in [2.05, 4.69) is 0 Å². The molecule has 0 aromatic heterocycles. The van der Waals surface area contributed by atoms with E-state index in [9.17, 15) is 24.8 Å². The van der Waals surface area contributed by atoms with Gasteiger partial charge in [0.05, 0.1) is 10.5 Å². The van der Waals surface area contributed by atoms with Gasteiger partial charge >= 0.3 is 5.97 Å². The molecule has 1 N–H and O–H groups in total. The predicted octanol–water partition coefficient (Wildman–Crippen LogP) is 2.28. The second-order valence-electron chi connectivity index (χ2n) is 4.77. The molecule has 1 heterocycles. The summed E-state index contributed by atoms with van der Waals surface area (Å²) in [5.41, 5.74) is 0.000556. The van der Waals surface area contributed by atoms with E-state index in [1.165, 1.54) is 23.1 Å². The zero-order valence-corrected chi connectivity index (χ0v) is 13.1. The summed E-state index contributed by atoms with van der Waals surface area (Å²) in [5.74, 6) is -1.50. The van der Waals surface area contributed by atoms with E-state index < -0.39 is 22.8 Å². The Balaban J connectivity index is 2.36. The normalized spacial score (nSPS) is 18.3. The number of piperidine rings is 1. The van der Waals surface area contributed by atoms with Gasteiger partial charge in [0.1, 0.15) is 6.04 Å². The Morgan fingerprint density at radius 1 is 1.38 bits per heavy atom. The van der Waals surface area contributed by atoms with Crippen LogP contribution < -0.4 is 0 Å². The molecule has 8 heteroatoms. The maximum Gasteiger partial charge on any atom is 0.326 e. The molecule has 1 amide bonds. The lowest BCUT2D eigenvalue weighted by Gasteiger charge is -2.33. The first-order chi connectivity index (χ1) is 9.91. The van der Waals surface area contributed by atoms with Crippen LogP contribution in [-0.2, 0) is 4.79 Å². The minimum absolute atomic E-state index is 0.178. The van der Waals surface area contributed by atoms with Crippen LogP contribution >= 0.6 is 22.6 Å². The summed E-state index contributed by atoms with van der Waals surface area (Å²) in [4.78, 5) is 35.3. The summed E-state index contributed by atoms with van der Waals surface area (Å²) in [5, 5.41) is 20.0. The number of aliphatic carboxylic acids is 1. The van der Waals surface area contributed by atoms with Crippen LogP contribution in [0.3, 0.4) is 0 Å². The molecule has 1 aliphatic rings. The van der Waals surface area contributed by atoms with Gasteiger partial charge < -0.3 is 10.0 Å². The average Bonchev–Trinajstić information content (AvgIpc) is 2.46. The van der Waals surface area contributed by atoms with Gasteiger partial charge in [-0.3, -0.25) is 14.9 Å². The van der Waals surface area contributed by atoms with Crippen molar-refractivity contribution in [2.75, 3.05) is 6.54 Å². The van der Waals surface area contributed by atoms with Crippen molar-refractivity contribution in [3.05, 3.63) is 37.4 Å². The second kappa shape index (κ2) is 6.37. The summed E-state index contributed by atoms with van der Waals surface area (Å²) in [6.07, 6.45) is 1.90. The number of carboxylic acids is 1. The zero-order valence-electron chi connectivity index (χ0n) is 11.0. The minimum atomic E-state index is -1.04. The molecular formula is C13H13IN2O5. The summed E-state index contributed by atoms with van der Waals surface area (Å²) >= 11 is 1.92. The van der Waals surface area contributed by atoms with Crippen molar-refractivity contribution in [1.29, 1.82) is 0 Å². The van der Waals surface area contributed by atoms with Crippen molar-refractivity contribution in [1.82, 2.24) is 4.90 Å². The second-order valence-corrected chi connectivity index (χ2v) is 5.93. The van der Waals surface area contributed by atoms with E-state index in [0.717, 1.165) is 12.8 Å². The van der Waals surface area contributed by atoms with Gasteiger partial charge in [0.2, 0.25) is 0 Å². The molecule has 1 aromatic rings. The van der Waals surface area contributed by atoms with Gasteiger partial charge in [-0.15, -0.1) is 0 Å². The third-order valence-electron chi connectivity index (χ3n) is 3.44. The monoisotopic (exact) mass is 404 g/mol. The summed E-state index contributed by atoms with van der Waals surface area (Å²) in [7, 11) is 0. The topological polar surface area (TPSA) is 101 Å². The molecule has 0 spiro atoms. The molecule has 0 radical (unpaired) electrons. The first-order valence-electron chi connectivity index (χ1n) is 6.39. The van der Waals surface area contributed by atoms with Crippen LogP contribution in [0.2, 0.25) is 0 Å². The van der Waals surface area contributed by atoms with Gasteiger partial charge in [-0.1, -0.05) is 0 Å². The predicted molar refractivity (Wildman–Crippen MR) is 82.1 cm³/mol. The number of nitro groups is 1. The lowest BCUT2D eigenvalue weighted by atomic mass is 10.0. The number of likely N-dealkylation sites (tertiary alicyclic amines) is 1. The number of hydrogen-bond donors (Lipinski definition) is 1. The number of nitro benzene ring substituents is 1. The molecular weight excluding hydrogens is 391 g/mol. The quantitative estimate of drug-likeness (QED) is 0.473. The molecule has 1 fully saturated rings. The van der Waals surface area contributed by atoms with Crippen LogP contribution in [-0.4, -0.2) is 39.4 Å². The Kier molecular flexibility index (Phi) is 4.76. The number of rotatable bonds is 3. The number of amides is 1. The molecule has 2 rings (SSSR count). The SMILES string of the molecule is O=C(O)[C@H]1CCCCN1C(=O)c1cc([N+](=O)[O-])ccc1I. The maximum atomic E-state index is 12.5. The van der Waals surface area contributed by atoms with Gasteiger partial charge in [0.25, 0.3) is 11.6 Å². The van der Waals surface area contributed by atoms with E-state index >= 15 is 0 Å². The van der Waals surface area contributed by atoms with E-state index in [0.29, 0.717) is 16.5 Å². The van der Waals surface area contributed by atoms with Crippen molar-refractivity contribution in [3.8, 4) is 0 Å². The lowest BCUT2D eigenvalue weighted by molar-refractivity contribution is -0.384. The molecule has 0 aliphatic carbocycles. The summed E-state index contributed by atoms with van der Waals surface area (Å²) in [6.45, 7) is 0.356. The van der Waals surface area contributed by atoms with Crippen LogP contribution in [0.5, 0.6) is 0 Å². The van der Waals surface area contributed by atoms with E-state index in [1.54, 1.807) is 0 Å². The smallest absolute Gasteiger partial charge is 0.326 e. The molecule has 0 bridgehead atoms. The Morgan fingerprint density at radius 3 is 2.71 bits per heavy atom. The first-order valence-corrected chi connectivity index (χ1v) is 7.47. The standard InChI is InChI=1S/C13H13IN2O5/c14-10-5-4-8(16(20)21)7-9(10)12(17)15-6-2-1-3-11(15)13(18)19/h4-5,7,11H,1-3,6H2,(H,18,19)/t11-/m1/s1. The molecule has 1 saturated heterocycles. The molecule has 7 nitrogen and oxygen atoms in total. The molecule has 0 unspecified atom stereocenters. The Labute approximate surface area is 134 Å². The number of hydrogen-bond acceptors (Lipinski definition) is 4. The summed E-state index contributed by atoms with van der Waals surface area (Å²) < 4.78 is 0.568. The fraction of sp³-hybridized carbons (Fsp3) is 0.385. The number of benzene rings is 1. The molecule has 1 aromatic carbocycles. The Hall–Kier alpha value is -1.71. The minimum Gasteiger partial charge on any atom is -0.480 e. The third kappa shape index (κ3) is 3.31. The zero-order chi connectivity index (χ0) is 15.6. The Morgan fingerprint density at radius 2 is 2.10 bits per heavy atom. The molecule has 0 saturated carbocycles. The molecule has 1 atom stereocenters. The maximum absolute atomic E-state index is 12.5. The van der Waals surface area contributed by atoms with Crippen molar-refractivity contribution >= 4 is 40.2 Å². The Bertz CT molecular complexity index is 604. The fourth-order valence-corrected chi connectivity index (χ4v) is 2.94. The number of nitrogens with zero attached hydrogens (tertiary/aromatic N) is 2.